The standard InChI is InChI=1S/C16H26FNO/c1-11(2)13(5)19-16(10-18-12(3)4)14-6-8-15(17)9-7-14/h6-9,11-13,16,18H,10H2,1-5H3. The molecule has 0 heterocycles. The van der Waals surface area contributed by atoms with Gasteiger partial charge in [-0.15, -0.1) is 0 Å². The fraction of sp³-hybridized carbons (Fsp3) is 0.625. The zero-order valence-corrected chi connectivity index (χ0v) is 12.6. The molecule has 3 heteroatoms. The van der Waals surface area contributed by atoms with Gasteiger partial charge in [0.1, 0.15) is 5.82 Å². The number of benzene rings is 1. The minimum Gasteiger partial charge on any atom is -0.369 e. The highest BCUT2D eigenvalue weighted by Gasteiger charge is 2.18. The molecule has 2 unspecified atom stereocenters. The van der Waals surface area contributed by atoms with E-state index in [1.54, 1.807) is 12.1 Å². The van der Waals surface area contributed by atoms with Crippen LogP contribution in [0.1, 0.15) is 46.3 Å². The summed E-state index contributed by atoms with van der Waals surface area (Å²) in [5.41, 5.74) is 1.02. The Kier molecular flexibility index (Phi) is 6.46. The molecule has 0 fully saturated rings. The number of hydrogen-bond donors (Lipinski definition) is 1. The van der Waals surface area contributed by atoms with E-state index >= 15 is 0 Å². The van der Waals surface area contributed by atoms with Gasteiger partial charge in [-0.3, -0.25) is 0 Å². The Morgan fingerprint density at radius 2 is 1.63 bits per heavy atom. The topological polar surface area (TPSA) is 21.3 Å². The minimum absolute atomic E-state index is 0.0413. The third-order valence-electron chi connectivity index (χ3n) is 3.27. The number of hydrogen-bond acceptors (Lipinski definition) is 2. The Bertz CT molecular complexity index is 362. The normalized spacial score (nSPS) is 14.9. The van der Waals surface area contributed by atoms with Gasteiger partial charge in [0.25, 0.3) is 0 Å². The lowest BCUT2D eigenvalue weighted by atomic mass is 10.1. The molecule has 19 heavy (non-hydrogen) atoms. The van der Waals surface area contributed by atoms with Gasteiger partial charge in [0.2, 0.25) is 0 Å². The molecule has 1 N–H and O–H groups in total. The summed E-state index contributed by atoms with van der Waals surface area (Å²) in [5, 5.41) is 3.38. The van der Waals surface area contributed by atoms with E-state index in [0.29, 0.717) is 12.0 Å². The predicted molar refractivity (Wildman–Crippen MR) is 77.7 cm³/mol. The maximum Gasteiger partial charge on any atom is 0.123 e. The summed E-state index contributed by atoms with van der Waals surface area (Å²) >= 11 is 0. The van der Waals surface area contributed by atoms with Crippen LogP contribution in [0.4, 0.5) is 4.39 Å². The van der Waals surface area contributed by atoms with Crippen LogP contribution < -0.4 is 5.32 Å². The summed E-state index contributed by atoms with van der Waals surface area (Å²) in [6, 6.07) is 6.98. The Morgan fingerprint density at radius 1 is 1.05 bits per heavy atom. The van der Waals surface area contributed by atoms with Crippen molar-refractivity contribution < 1.29 is 9.13 Å². The average Bonchev–Trinajstić information content (AvgIpc) is 2.35. The molecule has 1 aromatic carbocycles. The molecule has 108 valence electrons. The zero-order valence-electron chi connectivity index (χ0n) is 12.6. The second-order valence-corrected chi connectivity index (χ2v) is 5.69. The first kappa shape index (κ1) is 16.1. The van der Waals surface area contributed by atoms with Crippen molar-refractivity contribution in [2.45, 2.75) is 52.9 Å². The third-order valence-corrected chi connectivity index (χ3v) is 3.27. The molecule has 0 spiro atoms. The van der Waals surface area contributed by atoms with Gasteiger partial charge in [-0.1, -0.05) is 39.8 Å². The van der Waals surface area contributed by atoms with Gasteiger partial charge in [-0.25, -0.2) is 4.39 Å². The molecule has 0 aliphatic carbocycles. The quantitative estimate of drug-likeness (QED) is 0.808. The van der Waals surface area contributed by atoms with E-state index in [2.05, 4.69) is 39.9 Å². The van der Waals surface area contributed by atoms with Crippen molar-refractivity contribution in [3.05, 3.63) is 35.6 Å². The molecule has 0 aliphatic rings. The predicted octanol–water partition coefficient (Wildman–Crippen LogP) is 3.93. The molecule has 0 saturated heterocycles. The van der Waals surface area contributed by atoms with Crippen LogP contribution in [0, 0.1) is 11.7 Å². The zero-order chi connectivity index (χ0) is 14.4. The Balaban J connectivity index is 2.76. The molecule has 0 aliphatic heterocycles. The SMILES string of the molecule is CC(C)NCC(OC(C)C(C)C)c1ccc(F)cc1. The first-order valence-corrected chi connectivity index (χ1v) is 7.04. The molecule has 1 rings (SSSR count). The lowest BCUT2D eigenvalue weighted by molar-refractivity contribution is -0.0267. The first-order valence-electron chi connectivity index (χ1n) is 7.04. The van der Waals surface area contributed by atoms with Crippen LogP contribution in [0.5, 0.6) is 0 Å². The van der Waals surface area contributed by atoms with Gasteiger partial charge < -0.3 is 10.1 Å². The molecule has 0 bridgehead atoms. The van der Waals surface area contributed by atoms with E-state index < -0.39 is 0 Å². The second kappa shape index (κ2) is 7.61. The lowest BCUT2D eigenvalue weighted by Gasteiger charge is -2.26. The smallest absolute Gasteiger partial charge is 0.123 e. The van der Waals surface area contributed by atoms with Crippen LogP contribution in [0.3, 0.4) is 0 Å². The Hall–Kier alpha value is -0.930. The fourth-order valence-electron chi connectivity index (χ4n) is 1.68. The van der Waals surface area contributed by atoms with Gasteiger partial charge in [0.05, 0.1) is 12.2 Å². The summed E-state index contributed by atoms with van der Waals surface area (Å²) in [4.78, 5) is 0. The second-order valence-electron chi connectivity index (χ2n) is 5.69. The highest BCUT2D eigenvalue weighted by Crippen LogP contribution is 2.21. The maximum atomic E-state index is 13.0. The van der Waals surface area contributed by atoms with Crippen LogP contribution in [-0.2, 0) is 4.74 Å². The van der Waals surface area contributed by atoms with Crippen LogP contribution in [0.2, 0.25) is 0 Å². The van der Waals surface area contributed by atoms with E-state index in [4.69, 9.17) is 4.74 Å². The van der Waals surface area contributed by atoms with Crippen LogP contribution in [-0.4, -0.2) is 18.7 Å². The Labute approximate surface area is 116 Å². The third kappa shape index (κ3) is 5.70. The van der Waals surface area contributed by atoms with E-state index in [0.717, 1.165) is 12.1 Å². The van der Waals surface area contributed by atoms with Crippen LogP contribution in [0.25, 0.3) is 0 Å². The van der Waals surface area contributed by atoms with Gasteiger partial charge in [0, 0.05) is 12.6 Å². The number of rotatable bonds is 7. The monoisotopic (exact) mass is 267 g/mol. The Morgan fingerprint density at radius 3 is 2.11 bits per heavy atom. The summed E-state index contributed by atoms with van der Waals surface area (Å²) in [6.45, 7) is 11.3. The van der Waals surface area contributed by atoms with Crippen molar-refractivity contribution in [3.8, 4) is 0 Å². The molecule has 1 aromatic rings. The van der Waals surface area contributed by atoms with Crippen molar-refractivity contribution in [1.29, 1.82) is 0 Å². The highest BCUT2D eigenvalue weighted by atomic mass is 19.1. The number of nitrogens with one attached hydrogen (secondary N) is 1. The van der Waals surface area contributed by atoms with E-state index in [1.165, 1.54) is 12.1 Å². The molecule has 2 atom stereocenters. The molecule has 0 radical (unpaired) electrons. The lowest BCUT2D eigenvalue weighted by Crippen LogP contribution is -2.31. The average molecular weight is 267 g/mol. The van der Waals surface area contributed by atoms with E-state index in [-0.39, 0.29) is 18.0 Å². The molecule has 2 nitrogen and oxygen atoms in total. The van der Waals surface area contributed by atoms with Crippen molar-refractivity contribution in [3.63, 3.8) is 0 Å². The molecular weight excluding hydrogens is 241 g/mol. The number of ether oxygens (including phenoxy) is 1. The molecule has 0 aromatic heterocycles. The van der Waals surface area contributed by atoms with Crippen molar-refractivity contribution in [2.24, 2.45) is 5.92 Å². The van der Waals surface area contributed by atoms with Gasteiger partial charge in [-0.2, -0.15) is 0 Å². The minimum atomic E-state index is -0.212. The summed E-state index contributed by atoms with van der Waals surface area (Å²) in [5.74, 6) is 0.248. The van der Waals surface area contributed by atoms with E-state index in [9.17, 15) is 4.39 Å². The van der Waals surface area contributed by atoms with Gasteiger partial charge in [-0.05, 0) is 30.5 Å². The van der Waals surface area contributed by atoms with Crippen molar-refractivity contribution >= 4 is 0 Å². The molecule has 0 saturated carbocycles. The highest BCUT2D eigenvalue weighted by molar-refractivity contribution is 5.19. The van der Waals surface area contributed by atoms with Gasteiger partial charge >= 0.3 is 0 Å². The van der Waals surface area contributed by atoms with Crippen molar-refractivity contribution in [1.82, 2.24) is 5.32 Å². The molecule has 0 amide bonds. The largest absolute Gasteiger partial charge is 0.369 e. The van der Waals surface area contributed by atoms with Crippen LogP contribution in [0.15, 0.2) is 24.3 Å². The van der Waals surface area contributed by atoms with Gasteiger partial charge in [0.15, 0.2) is 0 Å². The van der Waals surface area contributed by atoms with Crippen LogP contribution >= 0.6 is 0 Å². The summed E-state index contributed by atoms with van der Waals surface area (Å²) in [7, 11) is 0. The fourth-order valence-corrected chi connectivity index (χ4v) is 1.68. The summed E-state index contributed by atoms with van der Waals surface area (Å²) in [6.07, 6.45) is 0.129. The summed E-state index contributed by atoms with van der Waals surface area (Å²) < 4.78 is 19.1. The number of halogens is 1. The first-order chi connectivity index (χ1) is 8.90. The van der Waals surface area contributed by atoms with Crippen molar-refractivity contribution in [2.75, 3.05) is 6.54 Å². The van der Waals surface area contributed by atoms with E-state index in [1.807, 2.05) is 0 Å². The maximum absolute atomic E-state index is 13.0. The molecular formula is C16H26FNO.